The van der Waals surface area contributed by atoms with Gasteiger partial charge in [0.05, 0.1) is 13.2 Å². The molecule has 0 radical (unpaired) electrons. The summed E-state index contributed by atoms with van der Waals surface area (Å²) in [4.78, 5) is 24.3. The van der Waals surface area contributed by atoms with E-state index in [0.29, 0.717) is 0 Å². The summed E-state index contributed by atoms with van der Waals surface area (Å²) in [6.45, 7) is 3.59. The smallest absolute Gasteiger partial charge is 0.280 e. The molecule has 6 N–H and O–H groups in total. The maximum absolute atomic E-state index is 12.2. The molecule has 3 aliphatic heterocycles. The number of aliphatic hydroxyl groups is 4. The lowest BCUT2D eigenvalue weighted by molar-refractivity contribution is -0.230. The molecule has 3 fully saturated rings. The Morgan fingerprint density at radius 2 is 2.05 bits per heavy atom. The molecule has 0 aliphatic carbocycles. The Morgan fingerprint density at radius 1 is 1.43 bits per heavy atom. The van der Waals surface area contributed by atoms with E-state index in [-0.39, 0.29) is 18.6 Å². The summed E-state index contributed by atoms with van der Waals surface area (Å²) >= 11 is 0. The number of carbonyl (C=O) groups is 2. The molecular weight excluding hydrogens is 284 g/mol. The summed E-state index contributed by atoms with van der Waals surface area (Å²) in [5.74, 6) is -2.09. The molecule has 0 aromatic heterocycles. The monoisotopic (exact) mass is 302 g/mol. The van der Waals surface area contributed by atoms with Gasteiger partial charge in [0.1, 0.15) is 11.7 Å². The van der Waals surface area contributed by atoms with Gasteiger partial charge in [-0.3, -0.25) is 9.59 Å². The fourth-order valence-corrected chi connectivity index (χ4v) is 2.29. The number of rotatable bonds is 3. The zero-order chi connectivity index (χ0) is 16.1. The Balaban J connectivity index is 2.47. The van der Waals surface area contributed by atoms with Crippen molar-refractivity contribution >= 4 is 11.8 Å². The summed E-state index contributed by atoms with van der Waals surface area (Å²) in [7, 11) is 0. The average molecular weight is 302 g/mol. The average Bonchev–Trinajstić information content (AvgIpc) is 2.42. The fraction of sp³-hybridized carbons (Fsp3) is 0.667. The largest absolute Gasteiger partial charge is 0.393 e. The first-order valence-electron chi connectivity index (χ1n) is 6.31. The third kappa shape index (κ3) is 2.14. The van der Waals surface area contributed by atoms with E-state index >= 15 is 0 Å². The number of hydrogen-bond acceptors (Lipinski definition) is 7. The van der Waals surface area contributed by atoms with Gasteiger partial charge in [0.2, 0.25) is 5.72 Å². The molecule has 0 spiro atoms. The van der Waals surface area contributed by atoms with Gasteiger partial charge in [-0.2, -0.15) is 0 Å². The van der Waals surface area contributed by atoms with E-state index in [4.69, 9.17) is 9.84 Å². The molecule has 0 saturated carbocycles. The predicted molar refractivity (Wildman–Crippen MR) is 67.4 cm³/mol. The topological polar surface area (TPSA) is 148 Å². The molecule has 2 bridgehead atoms. The Bertz CT molecular complexity index is 506. The molecule has 3 saturated heterocycles. The third-order valence-electron chi connectivity index (χ3n) is 3.80. The Labute approximate surface area is 120 Å². The number of ether oxygens (including phenoxy) is 1. The Hall–Kier alpha value is -1.52. The van der Waals surface area contributed by atoms with E-state index in [2.05, 4.69) is 11.9 Å². The van der Waals surface area contributed by atoms with Crippen molar-refractivity contribution in [2.75, 3.05) is 13.2 Å². The van der Waals surface area contributed by atoms with Gasteiger partial charge in [0, 0.05) is 0 Å². The lowest BCUT2D eigenvalue weighted by Gasteiger charge is -2.49. The van der Waals surface area contributed by atoms with Gasteiger partial charge in [-0.05, 0) is 18.9 Å². The van der Waals surface area contributed by atoms with E-state index in [1.807, 2.05) is 5.32 Å². The minimum absolute atomic E-state index is 0.0325. The second kappa shape index (κ2) is 4.75. The quantitative estimate of drug-likeness (QED) is 0.299. The number of piperazine rings is 1. The second-order valence-electron chi connectivity index (χ2n) is 5.47. The zero-order valence-electron chi connectivity index (χ0n) is 11.4. The van der Waals surface area contributed by atoms with Crippen molar-refractivity contribution in [1.82, 2.24) is 10.6 Å². The number of hydrogen-bond donors (Lipinski definition) is 6. The molecule has 9 heteroatoms. The highest BCUT2D eigenvalue weighted by atomic mass is 16.5. The summed E-state index contributed by atoms with van der Waals surface area (Å²) in [5, 5.41) is 43.6. The van der Waals surface area contributed by atoms with Gasteiger partial charge in [-0.25, -0.2) is 0 Å². The first-order valence-corrected chi connectivity index (χ1v) is 6.31. The SMILES string of the molecule is C=C1CCO[C@]2([C@H](O)[C@](C)(O)CO)NC(=O)[C@@]1(O)NC2=O. The summed E-state index contributed by atoms with van der Waals surface area (Å²) in [5.41, 5.74) is -6.69. The maximum atomic E-state index is 12.2. The van der Waals surface area contributed by atoms with Gasteiger partial charge in [0.25, 0.3) is 17.5 Å². The van der Waals surface area contributed by atoms with Crippen LogP contribution in [0.3, 0.4) is 0 Å². The molecule has 21 heavy (non-hydrogen) atoms. The van der Waals surface area contributed by atoms with E-state index in [9.17, 15) is 24.9 Å². The normalized spacial score (nSPS) is 37.1. The van der Waals surface area contributed by atoms with E-state index < -0.39 is 41.6 Å². The van der Waals surface area contributed by atoms with Gasteiger partial charge >= 0.3 is 0 Å². The second-order valence-corrected chi connectivity index (χ2v) is 5.47. The first-order chi connectivity index (χ1) is 9.60. The van der Waals surface area contributed by atoms with Crippen LogP contribution in [0.2, 0.25) is 0 Å². The van der Waals surface area contributed by atoms with Crippen LogP contribution in [0.4, 0.5) is 0 Å². The molecule has 2 amide bonds. The van der Waals surface area contributed by atoms with E-state index in [0.717, 1.165) is 6.92 Å². The number of fused-ring (bicyclic) bond motifs is 5. The van der Waals surface area contributed by atoms with Crippen molar-refractivity contribution in [3.8, 4) is 0 Å². The molecule has 0 aromatic rings. The lowest BCUT2D eigenvalue weighted by Crippen LogP contribution is -2.82. The van der Waals surface area contributed by atoms with Crippen molar-refractivity contribution in [2.24, 2.45) is 0 Å². The van der Waals surface area contributed by atoms with Crippen LogP contribution in [0.15, 0.2) is 12.2 Å². The van der Waals surface area contributed by atoms with Crippen LogP contribution in [-0.2, 0) is 14.3 Å². The van der Waals surface area contributed by atoms with E-state index in [1.165, 1.54) is 0 Å². The van der Waals surface area contributed by atoms with Gasteiger partial charge in [-0.15, -0.1) is 0 Å². The van der Waals surface area contributed by atoms with Gasteiger partial charge in [-0.1, -0.05) is 6.58 Å². The molecular formula is C12H18N2O7. The van der Waals surface area contributed by atoms with Gasteiger partial charge in [0.15, 0.2) is 0 Å². The minimum atomic E-state index is -2.31. The zero-order valence-corrected chi connectivity index (χ0v) is 11.4. The predicted octanol–water partition coefficient (Wildman–Crippen LogP) is -3.30. The van der Waals surface area contributed by atoms with Crippen molar-refractivity contribution in [3.63, 3.8) is 0 Å². The maximum Gasteiger partial charge on any atom is 0.280 e. The molecule has 0 aromatic carbocycles. The minimum Gasteiger partial charge on any atom is -0.393 e. The van der Waals surface area contributed by atoms with Crippen LogP contribution in [0.1, 0.15) is 13.3 Å². The van der Waals surface area contributed by atoms with Crippen molar-refractivity contribution in [2.45, 2.75) is 36.5 Å². The first kappa shape index (κ1) is 15.9. The highest BCUT2D eigenvalue weighted by Gasteiger charge is 2.63. The number of amides is 2. The molecule has 3 aliphatic rings. The van der Waals surface area contributed by atoms with Crippen LogP contribution in [0, 0.1) is 0 Å². The fourth-order valence-electron chi connectivity index (χ4n) is 2.29. The summed E-state index contributed by atoms with van der Waals surface area (Å²) < 4.78 is 5.27. The Kier molecular flexibility index (Phi) is 3.59. The van der Waals surface area contributed by atoms with Crippen molar-refractivity contribution < 1.29 is 34.8 Å². The highest BCUT2D eigenvalue weighted by Crippen LogP contribution is 2.32. The number of carbonyl (C=O) groups excluding carboxylic acids is 2. The number of aliphatic hydroxyl groups excluding tert-OH is 2. The van der Waals surface area contributed by atoms with Crippen LogP contribution in [0.5, 0.6) is 0 Å². The van der Waals surface area contributed by atoms with Crippen LogP contribution in [-0.4, -0.2) is 68.6 Å². The molecule has 4 atom stereocenters. The van der Waals surface area contributed by atoms with Crippen molar-refractivity contribution in [1.29, 1.82) is 0 Å². The van der Waals surface area contributed by atoms with Crippen molar-refractivity contribution in [3.05, 3.63) is 12.2 Å². The molecule has 9 nitrogen and oxygen atoms in total. The highest BCUT2D eigenvalue weighted by molar-refractivity contribution is 6.02. The lowest BCUT2D eigenvalue weighted by atomic mass is 9.85. The van der Waals surface area contributed by atoms with Crippen LogP contribution >= 0.6 is 0 Å². The Morgan fingerprint density at radius 3 is 2.62 bits per heavy atom. The molecule has 0 unspecified atom stereocenters. The third-order valence-corrected chi connectivity index (χ3v) is 3.80. The van der Waals surface area contributed by atoms with E-state index in [1.54, 1.807) is 0 Å². The standard InChI is InChI=1S/C12H18N2O7/c1-6-3-4-21-12(7(16)10(2,19)5-15)9(18)13-11(6,20)8(17)14-12/h7,15-16,19-20H,1,3-5H2,2H3,(H,13,18)(H,14,17)/t7-,10-,11-,12+/m1/s1. The summed E-state index contributed by atoms with van der Waals surface area (Å²) in [6, 6.07) is 0. The van der Waals surface area contributed by atoms with Crippen LogP contribution < -0.4 is 10.6 Å². The molecule has 3 heterocycles. The van der Waals surface area contributed by atoms with Crippen LogP contribution in [0.25, 0.3) is 0 Å². The molecule has 118 valence electrons. The summed E-state index contributed by atoms with van der Waals surface area (Å²) in [6.07, 6.45) is -1.91. The van der Waals surface area contributed by atoms with Gasteiger partial charge < -0.3 is 35.8 Å². The number of nitrogens with one attached hydrogen (secondary N) is 2. The molecule has 3 rings (SSSR count).